The van der Waals surface area contributed by atoms with Gasteiger partial charge >= 0.3 is 0 Å². The molecule has 0 fully saturated rings. The van der Waals surface area contributed by atoms with E-state index in [4.69, 9.17) is 5.73 Å². The molecule has 1 aromatic heterocycles. The molecule has 2 N–H and O–H groups in total. The van der Waals surface area contributed by atoms with Gasteiger partial charge in [-0.15, -0.1) is 10.2 Å². The molecule has 0 bridgehead atoms. The maximum atomic E-state index is 13.1. The van der Waals surface area contributed by atoms with Crippen molar-refractivity contribution in [3.63, 3.8) is 0 Å². The molecule has 2 rings (SSSR count). The van der Waals surface area contributed by atoms with Crippen LogP contribution in [0.1, 0.15) is 5.82 Å². The Kier molecular flexibility index (Phi) is 5.44. The topological polar surface area (TPSA) is 111 Å². The third-order valence-electron chi connectivity index (χ3n) is 3.07. The molecule has 1 heterocycles. The van der Waals surface area contributed by atoms with Crippen molar-refractivity contribution >= 4 is 33.4 Å². The second kappa shape index (κ2) is 7.18. The summed E-state index contributed by atoms with van der Waals surface area (Å²) in [5.74, 6) is -0.541. The fraction of sp³-hybridized carbons (Fsp3) is 0.308. The zero-order valence-corrected chi connectivity index (χ0v) is 14.6. The van der Waals surface area contributed by atoms with Crippen molar-refractivity contribution in [3.8, 4) is 0 Å². The molecule has 0 radical (unpaired) electrons. The first kappa shape index (κ1) is 18.2. The van der Waals surface area contributed by atoms with Crippen molar-refractivity contribution in [2.75, 3.05) is 16.3 Å². The zero-order chi connectivity index (χ0) is 17.9. The number of amides is 1. The van der Waals surface area contributed by atoms with Gasteiger partial charge < -0.3 is 10.3 Å². The Balaban J connectivity index is 2.28. The van der Waals surface area contributed by atoms with Crippen LogP contribution < -0.4 is 10.0 Å². The van der Waals surface area contributed by atoms with Gasteiger partial charge in [-0.1, -0.05) is 11.8 Å². The molecule has 0 aliphatic heterocycles. The minimum absolute atomic E-state index is 0.0414. The highest BCUT2D eigenvalue weighted by molar-refractivity contribution is 7.99. The monoisotopic (exact) mass is 373 g/mol. The van der Waals surface area contributed by atoms with Gasteiger partial charge in [0, 0.05) is 7.05 Å². The highest BCUT2D eigenvalue weighted by atomic mass is 32.2. The molecule has 1 aromatic carbocycles. The molecule has 0 atom stereocenters. The van der Waals surface area contributed by atoms with Gasteiger partial charge in [0.15, 0.2) is 11.0 Å². The lowest BCUT2D eigenvalue weighted by Gasteiger charge is -2.21. The molecule has 2 aromatic rings. The Morgan fingerprint density at radius 2 is 1.96 bits per heavy atom. The lowest BCUT2D eigenvalue weighted by molar-refractivity contribution is -0.115. The van der Waals surface area contributed by atoms with E-state index in [2.05, 4.69) is 10.2 Å². The van der Waals surface area contributed by atoms with E-state index in [1.165, 1.54) is 24.3 Å². The van der Waals surface area contributed by atoms with Crippen molar-refractivity contribution < 1.29 is 17.6 Å². The van der Waals surface area contributed by atoms with E-state index in [1.54, 1.807) is 11.6 Å². The van der Waals surface area contributed by atoms with Gasteiger partial charge in [-0.3, -0.25) is 9.10 Å². The lowest BCUT2D eigenvalue weighted by Crippen LogP contribution is -2.30. The number of hydrogen-bond donors (Lipinski definition) is 1. The molecule has 11 heteroatoms. The molecule has 24 heavy (non-hydrogen) atoms. The summed E-state index contributed by atoms with van der Waals surface area (Å²) in [6.07, 6.45) is 1.05. The highest BCUT2D eigenvalue weighted by Crippen LogP contribution is 2.22. The van der Waals surface area contributed by atoms with Gasteiger partial charge in [-0.05, 0) is 24.3 Å². The summed E-state index contributed by atoms with van der Waals surface area (Å²) in [5.41, 5.74) is 5.40. The normalized spacial score (nSPS) is 11.5. The summed E-state index contributed by atoms with van der Waals surface area (Å²) in [6.45, 7) is -0.0783. The SMILES string of the molecule is Cn1c(CN(c2ccc(F)cc2)S(C)(=O)=O)nnc1SCC(N)=O. The first-order valence-electron chi connectivity index (χ1n) is 6.71. The predicted octanol–water partition coefficient (Wildman–Crippen LogP) is 0.498. The summed E-state index contributed by atoms with van der Waals surface area (Å²) in [7, 11) is -1.96. The van der Waals surface area contributed by atoms with Crippen LogP contribution >= 0.6 is 11.8 Å². The van der Waals surface area contributed by atoms with E-state index in [9.17, 15) is 17.6 Å². The number of nitrogens with two attached hydrogens (primary N) is 1. The minimum atomic E-state index is -3.61. The summed E-state index contributed by atoms with van der Waals surface area (Å²) in [4.78, 5) is 10.8. The average Bonchev–Trinajstić information content (AvgIpc) is 2.83. The first-order valence-corrected chi connectivity index (χ1v) is 9.54. The van der Waals surface area contributed by atoms with E-state index < -0.39 is 21.7 Å². The number of primary amides is 1. The summed E-state index contributed by atoms with van der Waals surface area (Å²) in [5, 5.41) is 8.31. The minimum Gasteiger partial charge on any atom is -0.369 e. The Morgan fingerprint density at radius 3 is 2.50 bits per heavy atom. The van der Waals surface area contributed by atoms with Gasteiger partial charge in [0.05, 0.1) is 24.2 Å². The number of carbonyl (C=O) groups excluding carboxylic acids is 1. The number of hydrogen-bond acceptors (Lipinski definition) is 6. The van der Waals surface area contributed by atoms with Gasteiger partial charge in [0.1, 0.15) is 5.82 Å². The molecule has 130 valence electrons. The van der Waals surface area contributed by atoms with Crippen LogP contribution in [0.5, 0.6) is 0 Å². The van der Waals surface area contributed by atoms with Gasteiger partial charge in [-0.2, -0.15) is 0 Å². The van der Waals surface area contributed by atoms with Crippen LogP contribution in [0.2, 0.25) is 0 Å². The standard InChI is InChI=1S/C13H16FN5O3S2/c1-18-12(16-17-13(18)23-8-11(15)20)7-19(24(2,21)22)10-5-3-9(14)4-6-10/h3-6H,7-8H2,1-2H3,(H2,15,20). The van der Waals surface area contributed by atoms with Crippen LogP contribution in [0.3, 0.4) is 0 Å². The van der Waals surface area contributed by atoms with E-state index in [0.29, 0.717) is 16.7 Å². The number of aromatic nitrogens is 3. The second-order valence-corrected chi connectivity index (χ2v) is 7.81. The first-order chi connectivity index (χ1) is 11.2. The number of carbonyl (C=O) groups is 1. The molecular weight excluding hydrogens is 357 g/mol. The van der Waals surface area contributed by atoms with E-state index in [0.717, 1.165) is 22.3 Å². The van der Waals surface area contributed by atoms with Crippen molar-refractivity contribution in [1.82, 2.24) is 14.8 Å². The highest BCUT2D eigenvalue weighted by Gasteiger charge is 2.21. The Hall–Kier alpha value is -2.14. The number of nitrogens with zero attached hydrogens (tertiary/aromatic N) is 4. The van der Waals surface area contributed by atoms with Crippen LogP contribution in [0.4, 0.5) is 10.1 Å². The van der Waals surface area contributed by atoms with Crippen molar-refractivity contribution in [2.45, 2.75) is 11.7 Å². The zero-order valence-electron chi connectivity index (χ0n) is 13.0. The third kappa shape index (κ3) is 4.45. The largest absolute Gasteiger partial charge is 0.369 e. The molecule has 0 aliphatic rings. The van der Waals surface area contributed by atoms with Gasteiger partial charge in [0.25, 0.3) is 0 Å². The molecule has 0 unspecified atom stereocenters. The Morgan fingerprint density at radius 1 is 1.33 bits per heavy atom. The number of sulfonamides is 1. The molecule has 0 aliphatic carbocycles. The van der Waals surface area contributed by atoms with Crippen LogP contribution in [0, 0.1) is 5.82 Å². The molecule has 8 nitrogen and oxygen atoms in total. The van der Waals surface area contributed by atoms with Gasteiger partial charge in [-0.25, -0.2) is 12.8 Å². The maximum Gasteiger partial charge on any atom is 0.232 e. The number of halogens is 1. The number of benzene rings is 1. The maximum absolute atomic E-state index is 13.1. The summed E-state index contributed by atoms with van der Waals surface area (Å²) >= 11 is 1.11. The van der Waals surface area contributed by atoms with Crippen LogP contribution in [-0.4, -0.2) is 41.1 Å². The van der Waals surface area contributed by atoms with Crippen molar-refractivity contribution in [1.29, 1.82) is 0 Å². The average molecular weight is 373 g/mol. The number of anilines is 1. The van der Waals surface area contributed by atoms with E-state index in [-0.39, 0.29) is 12.3 Å². The predicted molar refractivity (Wildman–Crippen MR) is 88.3 cm³/mol. The summed E-state index contributed by atoms with van der Waals surface area (Å²) < 4.78 is 39.9. The molecule has 0 saturated carbocycles. The van der Waals surface area contributed by atoms with Crippen molar-refractivity contribution in [3.05, 3.63) is 35.9 Å². The quantitative estimate of drug-likeness (QED) is 0.708. The fourth-order valence-corrected chi connectivity index (χ4v) is 3.40. The van der Waals surface area contributed by atoms with E-state index >= 15 is 0 Å². The number of rotatable bonds is 7. The van der Waals surface area contributed by atoms with Crippen LogP contribution in [0.15, 0.2) is 29.4 Å². The van der Waals surface area contributed by atoms with Crippen molar-refractivity contribution in [2.24, 2.45) is 12.8 Å². The summed E-state index contributed by atoms with van der Waals surface area (Å²) in [6, 6.07) is 5.10. The number of thioether (sulfide) groups is 1. The fourth-order valence-electron chi connectivity index (χ4n) is 1.88. The molecule has 1 amide bonds. The van der Waals surface area contributed by atoms with Crippen LogP contribution in [-0.2, 0) is 28.4 Å². The Bertz CT molecular complexity index is 836. The second-order valence-electron chi connectivity index (χ2n) is 4.96. The lowest BCUT2D eigenvalue weighted by atomic mass is 10.3. The molecule has 0 saturated heterocycles. The third-order valence-corrected chi connectivity index (χ3v) is 5.25. The molecular formula is C13H16FN5O3S2. The van der Waals surface area contributed by atoms with E-state index in [1.807, 2.05) is 0 Å². The molecule has 0 spiro atoms. The van der Waals surface area contributed by atoms with Crippen LogP contribution in [0.25, 0.3) is 0 Å². The smallest absolute Gasteiger partial charge is 0.232 e. The van der Waals surface area contributed by atoms with Gasteiger partial charge in [0.2, 0.25) is 15.9 Å². The Labute approximate surface area is 142 Å².